The molecule has 0 spiro atoms. The summed E-state index contributed by atoms with van der Waals surface area (Å²) in [4.78, 5) is 13.9. The minimum absolute atomic E-state index is 0.0675. The van der Waals surface area contributed by atoms with Crippen LogP contribution in [0.2, 0.25) is 0 Å². The summed E-state index contributed by atoms with van der Waals surface area (Å²) < 4.78 is 1.74. The Labute approximate surface area is 110 Å². The van der Waals surface area contributed by atoms with E-state index in [4.69, 9.17) is 10.8 Å². The van der Waals surface area contributed by atoms with E-state index >= 15 is 0 Å². The number of nitrogens with zero attached hydrogens (tertiary/aromatic N) is 5. The van der Waals surface area contributed by atoms with Crippen LogP contribution in [0.15, 0.2) is 12.7 Å². The first kappa shape index (κ1) is 13.7. The molecule has 1 atom stereocenters. The van der Waals surface area contributed by atoms with Crippen LogP contribution >= 0.6 is 0 Å². The third-order valence-corrected chi connectivity index (χ3v) is 2.85. The van der Waals surface area contributed by atoms with Gasteiger partial charge in [-0.2, -0.15) is 0 Å². The molecule has 0 saturated heterocycles. The van der Waals surface area contributed by atoms with Crippen molar-refractivity contribution < 1.29 is 10.2 Å². The van der Waals surface area contributed by atoms with Crippen LogP contribution in [-0.4, -0.2) is 67.5 Å². The number of aliphatic hydroxyl groups excluding tert-OH is 2. The molecule has 4 N–H and O–H groups in total. The quantitative estimate of drug-likeness (QED) is 0.595. The molecule has 0 aliphatic carbocycles. The Hall–Kier alpha value is -1.77. The highest BCUT2D eigenvalue weighted by Crippen LogP contribution is 2.15. The minimum atomic E-state index is -0.589. The number of hydrogen-bond acceptors (Lipinski definition) is 7. The van der Waals surface area contributed by atoms with Gasteiger partial charge in [0.1, 0.15) is 11.8 Å². The lowest BCUT2D eigenvalue weighted by Gasteiger charge is -2.20. The van der Waals surface area contributed by atoms with Crippen LogP contribution in [-0.2, 0) is 6.54 Å². The Morgan fingerprint density at radius 2 is 2.21 bits per heavy atom. The van der Waals surface area contributed by atoms with E-state index in [1.165, 1.54) is 6.33 Å². The van der Waals surface area contributed by atoms with E-state index < -0.39 is 6.10 Å². The van der Waals surface area contributed by atoms with Crippen LogP contribution in [0.1, 0.15) is 0 Å². The zero-order valence-electron chi connectivity index (χ0n) is 10.8. The van der Waals surface area contributed by atoms with Gasteiger partial charge in [-0.25, -0.2) is 15.0 Å². The van der Waals surface area contributed by atoms with Gasteiger partial charge in [0.15, 0.2) is 11.5 Å². The SMILES string of the molecule is CN(CCO)C[C@H](O)Cn1cnc2ncnc(N)c21. The van der Waals surface area contributed by atoms with Crippen LogP contribution < -0.4 is 5.73 Å². The Kier molecular flexibility index (Phi) is 4.25. The number of fused-ring (bicyclic) bond motifs is 1. The third-order valence-electron chi connectivity index (χ3n) is 2.85. The van der Waals surface area contributed by atoms with Crippen molar-refractivity contribution in [2.45, 2.75) is 12.6 Å². The van der Waals surface area contributed by atoms with Crippen LogP contribution in [0.3, 0.4) is 0 Å². The van der Waals surface area contributed by atoms with Crippen molar-refractivity contribution in [3.63, 3.8) is 0 Å². The van der Waals surface area contributed by atoms with E-state index in [9.17, 15) is 5.11 Å². The summed E-state index contributed by atoms with van der Waals surface area (Å²) >= 11 is 0. The van der Waals surface area contributed by atoms with Gasteiger partial charge in [-0.05, 0) is 7.05 Å². The summed E-state index contributed by atoms with van der Waals surface area (Å²) in [7, 11) is 1.84. The van der Waals surface area contributed by atoms with Crippen LogP contribution in [0, 0.1) is 0 Å². The van der Waals surface area contributed by atoms with Gasteiger partial charge in [-0.1, -0.05) is 0 Å². The average molecular weight is 266 g/mol. The first-order valence-corrected chi connectivity index (χ1v) is 6.00. The zero-order chi connectivity index (χ0) is 13.8. The molecule has 0 aromatic carbocycles. The van der Waals surface area contributed by atoms with Gasteiger partial charge in [0, 0.05) is 13.1 Å². The second kappa shape index (κ2) is 5.91. The Morgan fingerprint density at radius 3 is 2.95 bits per heavy atom. The summed E-state index contributed by atoms with van der Waals surface area (Å²) in [6.45, 7) is 1.39. The van der Waals surface area contributed by atoms with Crippen LogP contribution in [0.5, 0.6) is 0 Å². The van der Waals surface area contributed by atoms with Gasteiger partial charge in [0.25, 0.3) is 0 Å². The molecule has 0 saturated carbocycles. The molecule has 0 bridgehead atoms. The fraction of sp³-hybridized carbons (Fsp3) is 0.545. The molecule has 0 fully saturated rings. The predicted octanol–water partition coefficient (Wildman–Crippen LogP) is -1.31. The topological polar surface area (TPSA) is 113 Å². The normalized spacial score (nSPS) is 13.3. The molecule has 2 aromatic heterocycles. The molecule has 2 heterocycles. The maximum atomic E-state index is 10.0. The van der Waals surface area contributed by atoms with Crippen LogP contribution in [0.25, 0.3) is 11.2 Å². The molecule has 0 amide bonds. The molecule has 8 nitrogen and oxygen atoms in total. The molecule has 0 aliphatic heterocycles. The van der Waals surface area contributed by atoms with E-state index in [1.54, 1.807) is 10.9 Å². The van der Waals surface area contributed by atoms with Crippen molar-refractivity contribution in [3.05, 3.63) is 12.7 Å². The Balaban J connectivity index is 2.09. The summed E-state index contributed by atoms with van der Waals surface area (Å²) in [5, 5.41) is 18.8. The lowest BCUT2D eigenvalue weighted by Crippen LogP contribution is -2.33. The summed E-state index contributed by atoms with van der Waals surface area (Å²) in [5.41, 5.74) is 6.94. The monoisotopic (exact) mass is 266 g/mol. The third kappa shape index (κ3) is 3.16. The number of nitrogen functional groups attached to an aromatic ring is 1. The van der Waals surface area contributed by atoms with E-state index in [1.807, 2.05) is 11.9 Å². The zero-order valence-corrected chi connectivity index (χ0v) is 10.8. The maximum Gasteiger partial charge on any atom is 0.182 e. The molecule has 0 aliphatic rings. The predicted molar refractivity (Wildman–Crippen MR) is 70.3 cm³/mol. The number of likely N-dealkylation sites (N-methyl/N-ethyl adjacent to an activating group) is 1. The number of hydrogen-bond donors (Lipinski definition) is 3. The van der Waals surface area contributed by atoms with Crippen LogP contribution in [0.4, 0.5) is 5.82 Å². The van der Waals surface area contributed by atoms with E-state index in [0.717, 1.165) is 0 Å². The average Bonchev–Trinajstić information content (AvgIpc) is 2.74. The number of nitrogens with two attached hydrogens (primary N) is 1. The van der Waals surface area contributed by atoms with Crippen molar-refractivity contribution in [2.75, 3.05) is 32.5 Å². The lowest BCUT2D eigenvalue weighted by atomic mass is 10.3. The smallest absolute Gasteiger partial charge is 0.182 e. The van der Waals surface area contributed by atoms with Crippen molar-refractivity contribution in [1.82, 2.24) is 24.4 Å². The second-order valence-corrected chi connectivity index (χ2v) is 4.47. The summed E-state index contributed by atoms with van der Waals surface area (Å²) in [5.74, 6) is 0.346. The number of imidazole rings is 1. The van der Waals surface area contributed by atoms with Crippen molar-refractivity contribution in [3.8, 4) is 0 Å². The molecular formula is C11H18N6O2. The highest BCUT2D eigenvalue weighted by molar-refractivity contribution is 5.81. The molecule has 2 rings (SSSR count). The Morgan fingerprint density at radius 1 is 1.42 bits per heavy atom. The Bertz CT molecular complexity index is 543. The molecule has 19 heavy (non-hydrogen) atoms. The van der Waals surface area contributed by atoms with Gasteiger partial charge in [0.2, 0.25) is 0 Å². The second-order valence-electron chi connectivity index (χ2n) is 4.47. The first-order chi connectivity index (χ1) is 9.11. The number of aliphatic hydroxyl groups is 2. The number of aromatic nitrogens is 4. The van der Waals surface area contributed by atoms with E-state index in [-0.39, 0.29) is 6.61 Å². The van der Waals surface area contributed by atoms with Crippen molar-refractivity contribution >= 4 is 17.0 Å². The van der Waals surface area contributed by atoms with Crippen molar-refractivity contribution in [2.24, 2.45) is 0 Å². The lowest BCUT2D eigenvalue weighted by molar-refractivity contribution is 0.101. The van der Waals surface area contributed by atoms with Gasteiger partial charge >= 0.3 is 0 Å². The van der Waals surface area contributed by atoms with Gasteiger partial charge in [-0.3, -0.25) is 0 Å². The largest absolute Gasteiger partial charge is 0.395 e. The molecule has 8 heteroatoms. The maximum absolute atomic E-state index is 10.0. The fourth-order valence-corrected chi connectivity index (χ4v) is 1.98. The molecule has 0 radical (unpaired) electrons. The van der Waals surface area contributed by atoms with Gasteiger partial charge < -0.3 is 25.4 Å². The molecule has 104 valence electrons. The standard InChI is InChI=1S/C11H18N6O2/c1-16(2-3-18)4-8(19)5-17-7-15-11-9(17)10(12)13-6-14-11/h6-8,18-19H,2-5H2,1H3,(H2,12,13,14)/t8-/m0/s1. The molecule has 0 unspecified atom stereocenters. The van der Waals surface area contributed by atoms with Gasteiger partial charge in [0.05, 0.1) is 25.6 Å². The minimum Gasteiger partial charge on any atom is -0.395 e. The highest BCUT2D eigenvalue weighted by atomic mass is 16.3. The summed E-state index contributed by atoms with van der Waals surface area (Å²) in [6.07, 6.45) is 2.36. The number of anilines is 1. The van der Waals surface area contributed by atoms with Crippen molar-refractivity contribution in [1.29, 1.82) is 0 Å². The van der Waals surface area contributed by atoms with Gasteiger partial charge in [-0.15, -0.1) is 0 Å². The summed E-state index contributed by atoms with van der Waals surface area (Å²) in [6, 6.07) is 0. The molecule has 2 aromatic rings. The van der Waals surface area contributed by atoms with E-state index in [0.29, 0.717) is 36.6 Å². The van der Waals surface area contributed by atoms with E-state index in [2.05, 4.69) is 15.0 Å². The number of rotatable bonds is 6. The highest BCUT2D eigenvalue weighted by Gasteiger charge is 2.13. The fourth-order valence-electron chi connectivity index (χ4n) is 1.98. The molecular weight excluding hydrogens is 248 g/mol. The first-order valence-electron chi connectivity index (χ1n) is 6.00.